The fraction of sp³-hybridized carbons (Fsp3) is 0.538. The number of ether oxygens (including phenoxy) is 1. The fourth-order valence-corrected chi connectivity index (χ4v) is 3.97. The number of hydrogen-bond donors (Lipinski definition) is 0. The van der Waals surface area contributed by atoms with E-state index < -0.39 is 0 Å². The molecule has 1 fully saturated rings. The van der Waals surface area contributed by atoms with Crippen LogP contribution in [0, 0.1) is 0 Å². The summed E-state index contributed by atoms with van der Waals surface area (Å²) in [5.74, 6) is 0.131. The topological polar surface area (TPSA) is 46.6 Å². The van der Waals surface area contributed by atoms with Crippen molar-refractivity contribution in [1.82, 2.24) is 4.90 Å². The number of amides is 1. The second-order valence-corrected chi connectivity index (χ2v) is 6.32. The largest absolute Gasteiger partial charge is 0.464 e. The Morgan fingerprint density at radius 3 is 3.11 bits per heavy atom. The Balaban J connectivity index is 1.93. The zero-order valence-electron chi connectivity index (χ0n) is 10.8. The molecule has 104 valence electrons. The maximum absolute atomic E-state index is 11.8. The molecule has 0 radical (unpaired) electrons. The third kappa shape index (κ3) is 3.73. The molecule has 1 aromatic rings. The van der Waals surface area contributed by atoms with Crippen molar-refractivity contribution in [2.45, 2.75) is 25.1 Å². The third-order valence-electron chi connectivity index (χ3n) is 2.82. The SMILES string of the molecule is CCCCOC(=O)CN1C(=O)CSC1c1cccs1. The zero-order chi connectivity index (χ0) is 13.7. The van der Waals surface area contributed by atoms with Gasteiger partial charge < -0.3 is 9.64 Å². The van der Waals surface area contributed by atoms with E-state index in [0.29, 0.717) is 12.4 Å². The molecular formula is C13H17NO3S2. The highest BCUT2D eigenvalue weighted by Gasteiger charge is 2.34. The summed E-state index contributed by atoms with van der Waals surface area (Å²) >= 11 is 3.17. The van der Waals surface area contributed by atoms with E-state index in [2.05, 4.69) is 0 Å². The highest BCUT2D eigenvalue weighted by molar-refractivity contribution is 8.00. The van der Waals surface area contributed by atoms with Crippen LogP contribution < -0.4 is 0 Å². The number of thioether (sulfide) groups is 1. The molecule has 2 rings (SSSR count). The van der Waals surface area contributed by atoms with Gasteiger partial charge in [-0.25, -0.2) is 0 Å². The Kier molecular flexibility index (Phi) is 5.27. The maximum atomic E-state index is 11.8. The number of nitrogens with zero attached hydrogens (tertiary/aromatic N) is 1. The van der Waals surface area contributed by atoms with Crippen molar-refractivity contribution in [3.63, 3.8) is 0 Å². The number of rotatable bonds is 6. The van der Waals surface area contributed by atoms with Gasteiger partial charge in [0.1, 0.15) is 11.9 Å². The van der Waals surface area contributed by atoms with E-state index >= 15 is 0 Å². The molecule has 1 atom stereocenters. The Bertz CT molecular complexity index is 433. The lowest BCUT2D eigenvalue weighted by atomic mass is 10.3. The summed E-state index contributed by atoms with van der Waals surface area (Å²) < 4.78 is 5.12. The number of carbonyl (C=O) groups is 2. The van der Waals surface area contributed by atoms with Crippen LogP contribution in [0.15, 0.2) is 17.5 Å². The molecule has 0 N–H and O–H groups in total. The van der Waals surface area contributed by atoms with Gasteiger partial charge in [-0.05, 0) is 17.9 Å². The van der Waals surface area contributed by atoms with E-state index in [1.54, 1.807) is 28.0 Å². The summed E-state index contributed by atoms with van der Waals surface area (Å²) in [5, 5.41) is 1.95. The highest BCUT2D eigenvalue weighted by Crippen LogP contribution is 2.40. The number of carbonyl (C=O) groups excluding carboxylic acids is 2. The number of thiophene rings is 1. The molecular weight excluding hydrogens is 282 g/mol. The second-order valence-electron chi connectivity index (χ2n) is 4.27. The van der Waals surface area contributed by atoms with Crippen molar-refractivity contribution < 1.29 is 14.3 Å². The minimum absolute atomic E-state index is 0.0100. The van der Waals surface area contributed by atoms with Crippen molar-refractivity contribution >= 4 is 35.0 Å². The second kappa shape index (κ2) is 6.96. The monoisotopic (exact) mass is 299 g/mol. The van der Waals surface area contributed by atoms with Gasteiger partial charge in [0.15, 0.2) is 0 Å². The molecule has 1 unspecified atom stereocenters. The van der Waals surface area contributed by atoms with Gasteiger partial charge >= 0.3 is 5.97 Å². The quantitative estimate of drug-likeness (QED) is 0.598. The van der Waals surface area contributed by atoms with E-state index in [1.807, 2.05) is 24.4 Å². The zero-order valence-corrected chi connectivity index (χ0v) is 12.5. The molecule has 0 aromatic carbocycles. The predicted octanol–water partition coefficient (Wildman–Crippen LogP) is 2.67. The summed E-state index contributed by atoms with van der Waals surface area (Å²) in [6.45, 7) is 2.54. The lowest BCUT2D eigenvalue weighted by Gasteiger charge is -2.21. The van der Waals surface area contributed by atoms with Gasteiger partial charge in [-0.3, -0.25) is 9.59 Å². The minimum Gasteiger partial charge on any atom is -0.464 e. The Morgan fingerprint density at radius 1 is 1.58 bits per heavy atom. The van der Waals surface area contributed by atoms with E-state index in [-0.39, 0.29) is 23.8 Å². The van der Waals surface area contributed by atoms with E-state index in [9.17, 15) is 9.59 Å². The molecule has 1 aliphatic rings. The lowest BCUT2D eigenvalue weighted by Crippen LogP contribution is -2.34. The van der Waals surface area contributed by atoms with Gasteiger partial charge in [0.05, 0.1) is 12.4 Å². The van der Waals surface area contributed by atoms with Crippen LogP contribution >= 0.6 is 23.1 Å². The van der Waals surface area contributed by atoms with Crippen LogP contribution in [0.25, 0.3) is 0 Å². The molecule has 0 bridgehead atoms. The standard InChI is InChI=1S/C13H17NO3S2/c1-2-3-6-17-12(16)8-14-11(15)9-19-13(14)10-5-4-7-18-10/h4-5,7,13H,2-3,6,8-9H2,1H3. The molecule has 4 nitrogen and oxygen atoms in total. The van der Waals surface area contributed by atoms with Crippen molar-refractivity contribution in [1.29, 1.82) is 0 Å². The van der Waals surface area contributed by atoms with Gasteiger partial charge in [0, 0.05) is 4.88 Å². The lowest BCUT2D eigenvalue weighted by molar-refractivity contribution is -0.148. The summed E-state index contributed by atoms with van der Waals surface area (Å²) in [4.78, 5) is 26.3. The molecule has 2 heterocycles. The molecule has 1 aliphatic heterocycles. The summed E-state index contributed by atoms with van der Waals surface area (Å²) in [7, 11) is 0. The maximum Gasteiger partial charge on any atom is 0.325 e. The average molecular weight is 299 g/mol. The Hall–Kier alpha value is -1.01. The number of unbranched alkanes of at least 4 members (excludes halogenated alkanes) is 1. The first kappa shape index (κ1) is 14.4. The van der Waals surface area contributed by atoms with Gasteiger partial charge in [0.2, 0.25) is 5.91 Å². The first-order valence-corrected chi connectivity index (χ1v) is 8.25. The van der Waals surface area contributed by atoms with Crippen molar-refractivity contribution in [3.8, 4) is 0 Å². The highest BCUT2D eigenvalue weighted by atomic mass is 32.2. The Morgan fingerprint density at radius 2 is 2.42 bits per heavy atom. The summed E-state index contributed by atoms with van der Waals surface area (Å²) in [6, 6.07) is 3.96. The molecule has 1 amide bonds. The van der Waals surface area contributed by atoms with Crippen LogP contribution in [0.4, 0.5) is 0 Å². The van der Waals surface area contributed by atoms with Crippen molar-refractivity contribution in [2.24, 2.45) is 0 Å². The minimum atomic E-state index is -0.314. The van der Waals surface area contributed by atoms with Crippen LogP contribution in [0.2, 0.25) is 0 Å². The molecule has 0 spiro atoms. The molecule has 1 aromatic heterocycles. The summed E-state index contributed by atoms with van der Waals surface area (Å²) in [5.41, 5.74) is 0. The normalized spacial score (nSPS) is 18.9. The van der Waals surface area contributed by atoms with Gasteiger partial charge in [0.25, 0.3) is 0 Å². The number of hydrogen-bond acceptors (Lipinski definition) is 5. The van der Waals surface area contributed by atoms with Gasteiger partial charge in [-0.2, -0.15) is 0 Å². The van der Waals surface area contributed by atoms with E-state index in [0.717, 1.165) is 17.7 Å². The first-order valence-electron chi connectivity index (χ1n) is 6.32. The molecule has 0 saturated carbocycles. The van der Waals surface area contributed by atoms with Gasteiger partial charge in [-0.15, -0.1) is 23.1 Å². The van der Waals surface area contributed by atoms with Crippen LogP contribution in [0.5, 0.6) is 0 Å². The molecule has 19 heavy (non-hydrogen) atoms. The predicted molar refractivity (Wildman–Crippen MR) is 77.1 cm³/mol. The summed E-state index contributed by atoms with van der Waals surface area (Å²) in [6.07, 6.45) is 1.85. The van der Waals surface area contributed by atoms with E-state index in [1.165, 1.54) is 0 Å². The third-order valence-corrected chi connectivity index (χ3v) is 5.13. The van der Waals surface area contributed by atoms with E-state index in [4.69, 9.17) is 4.74 Å². The Labute approximate surface area is 121 Å². The molecule has 6 heteroatoms. The number of esters is 1. The van der Waals surface area contributed by atoms with Crippen molar-refractivity contribution in [3.05, 3.63) is 22.4 Å². The van der Waals surface area contributed by atoms with Crippen LogP contribution in [-0.4, -0.2) is 35.7 Å². The molecule has 0 aliphatic carbocycles. The van der Waals surface area contributed by atoms with Crippen LogP contribution in [0.3, 0.4) is 0 Å². The van der Waals surface area contributed by atoms with Crippen LogP contribution in [-0.2, 0) is 14.3 Å². The van der Waals surface area contributed by atoms with Gasteiger partial charge in [-0.1, -0.05) is 19.4 Å². The smallest absolute Gasteiger partial charge is 0.325 e. The van der Waals surface area contributed by atoms with Crippen LogP contribution in [0.1, 0.15) is 30.0 Å². The molecule has 1 saturated heterocycles. The fourth-order valence-electron chi connectivity index (χ4n) is 1.81. The average Bonchev–Trinajstić information content (AvgIpc) is 3.01. The first-order chi connectivity index (χ1) is 9.22. The van der Waals surface area contributed by atoms with Crippen molar-refractivity contribution in [2.75, 3.05) is 18.9 Å².